The Labute approximate surface area is 135 Å². The summed E-state index contributed by atoms with van der Waals surface area (Å²) >= 11 is 0. The van der Waals surface area contributed by atoms with E-state index in [1.54, 1.807) is 0 Å². The molecule has 1 radical (unpaired) electrons. The summed E-state index contributed by atoms with van der Waals surface area (Å²) in [6.45, 7) is 0. The van der Waals surface area contributed by atoms with Gasteiger partial charge in [0.15, 0.2) is 0 Å². The van der Waals surface area contributed by atoms with Gasteiger partial charge in [-0.25, -0.2) is 8.78 Å². The molecule has 0 aromatic carbocycles. The number of hydrogen-bond acceptors (Lipinski definition) is 0. The van der Waals surface area contributed by atoms with Gasteiger partial charge in [-0.05, 0) is 0 Å². The summed E-state index contributed by atoms with van der Waals surface area (Å²) in [4.78, 5) is 0. The van der Waals surface area contributed by atoms with Crippen molar-refractivity contribution in [2.45, 2.75) is 42.2 Å². The van der Waals surface area contributed by atoms with Crippen LogP contribution in [0.25, 0.3) is 0 Å². The van der Waals surface area contributed by atoms with Gasteiger partial charge in [0.1, 0.15) is 0 Å². The number of rotatable bonds is 2. The molecule has 0 spiro atoms. The topological polar surface area (TPSA) is 19.9 Å². The van der Waals surface area contributed by atoms with E-state index >= 15 is 0 Å². The molecular weight excluding hydrogens is 447 g/mol. The lowest BCUT2D eigenvalue weighted by molar-refractivity contribution is -0.366. The van der Waals surface area contributed by atoms with E-state index in [9.17, 15) is 79.7 Å². The summed E-state index contributed by atoms with van der Waals surface area (Å²) < 4.78 is 212. The molecule has 0 aromatic heterocycles. The van der Waals surface area contributed by atoms with Gasteiger partial charge < -0.3 is 0 Å². The second-order valence-electron chi connectivity index (χ2n) is 4.51. The Kier molecular flexibility index (Phi) is 5.80. The number of halogens is 17. The summed E-state index contributed by atoms with van der Waals surface area (Å²) in [6.07, 6.45) is -39.7. The molecule has 0 atom stereocenters. The number of hydrogen-bond donors (Lipinski definition) is 0. The highest BCUT2D eigenvalue weighted by atomic mass is 19.4. The molecule has 18 heteroatoms. The first-order valence-electron chi connectivity index (χ1n) is 5.42. The van der Waals surface area contributed by atoms with Crippen molar-refractivity contribution in [3.8, 4) is 0 Å². The quantitative estimate of drug-likeness (QED) is 0.371. The Morgan fingerprint density at radius 1 is 0.407 bits per heavy atom. The zero-order valence-electron chi connectivity index (χ0n) is 11.3. The van der Waals surface area contributed by atoms with Gasteiger partial charge in [-0.3, -0.25) is 5.11 Å². The average Bonchev–Trinajstić information content (AvgIpc) is 2.31. The average molecular weight is 447 g/mol. The van der Waals surface area contributed by atoms with Gasteiger partial charge in [0.2, 0.25) is 0 Å². The summed E-state index contributed by atoms with van der Waals surface area (Å²) in [5, 5.41) is 10.6. The first-order chi connectivity index (χ1) is 11.3. The number of alkyl halides is 17. The van der Waals surface area contributed by atoms with Gasteiger partial charge in [0, 0.05) is 0 Å². The first kappa shape index (κ1) is 25.3. The molecule has 0 aliphatic heterocycles. The maximum atomic E-state index is 13.6. The standard InChI is InChI=1S/C9F17O/c10-3(6(15,16)17,7(18,19)20)1(2(27)5(12,13)14)4(11,8(21,22)23)9(24,25)26. The van der Waals surface area contributed by atoms with Gasteiger partial charge in [-0.15, -0.1) is 0 Å². The first-order valence-corrected chi connectivity index (χ1v) is 5.42. The van der Waals surface area contributed by atoms with E-state index in [0.717, 1.165) is 0 Å². The van der Waals surface area contributed by atoms with Crippen LogP contribution in [-0.2, 0) is 5.11 Å². The van der Waals surface area contributed by atoms with E-state index in [2.05, 4.69) is 0 Å². The maximum absolute atomic E-state index is 13.6. The van der Waals surface area contributed by atoms with Crippen LogP contribution in [0.3, 0.4) is 0 Å². The minimum atomic E-state index is -8.30. The van der Waals surface area contributed by atoms with Crippen molar-refractivity contribution < 1.29 is 79.7 Å². The molecule has 161 valence electrons. The van der Waals surface area contributed by atoms with Crippen molar-refractivity contribution in [3.05, 3.63) is 11.3 Å². The fraction of sp³-hybridized carbons (Fsp3) is 0.778. The van der Waals surface area contributed by atoms with Gasteiger partial charge in [0.05, 0.1) is 5.57 Å². The largest absolute Gasteiger partial charge is 0.454 e. The molecule has 0 bridgehead atoms. The zero-order chi connectivity index (χ0) is 22.7. The van der Waals surface area contributed by atoms with Crippen LogP contribution in [0.15, 0.2) is 11.3 Å². The SMILES string of the molecule is [O]C(=C(C(F)(C(F)(F)F)C(F)(F)F)C(F)(C(F)(F)F)C(F)(F)F)C(F)(F)F. The number of allylic oxidation sites excluding steroid dienone is 2. The van der Waals surface area contributed by atoms with Crippen LogP contribution in [0.4, 0.5) is 74.6 Å². The Hall–Kier alpha value is -1.65. The van der Waals surface area contributed by atoms with E-state index in [-0.39, 0.29) is 0 Å². The van der Waals surface area contributed by atoms with Crippen LogP contribution in [0, 0.1) is 0 Å². The van der Waals surface area contributed by atoms with Gasteiger partial charge in [-0.2, -0.15) is 65.9 Å². The van der Waals surface area contributed by atoms with Crippen molar-refractivity contribution in [2.24, 2.45) is 0 Å². The Balaban J connectivity index is 7.82. The summed E-state index contributed by atoms with van der Waals surface area (Å²) in [6, 6.07) is 0. The van der Waals surface area contributed by atoms with E-state index in [1.165, 1.54) is 0 Å². The van der Waals surface area contributed by atoms with Crippen molar-refractivity contribution in [2.75, 3.05) is 0 Å². The predicted molar refractivity (Wildman–Crippen MR) is 45.7 cm³/mol. The maximum Gasteiger partial charge on any atom is 0.454 e. The molecule has 0 amide bonds. The summed E-state index contributed by atoms with van der Waals surface area (Å²) in [7, 11) is 0. The third-order valence-corrected chi connectivity index (χ3v) is 2.74. The minimum absolute atomic E-state index is 5.31. The third kappa shape index (κ3) is 3.83. The van der Waals surface area contributed by atoms with Crippen molar-refractivity contribution in [3.63, 3.8) is 0 Å². The molecule has 0 unspecified atom stereocenters. The predicted octanol–water partition coefficient (Wildman–Crippen LogP) is 5.90. The van der Waals surface area contributed by atoms with E-state index in [0.29, 0.717) is 0 Å². The highest BCUT2D eigenvalue weighted by Gasteiger charge is 2.88. The molecule has 0 aromatic rings. The van der Waals surface area contributed by atoms with Crippen molar-refractivity contribution in [1.82, 2.24) is 0 Å². The van der Waals surface area contributed by atoms with Gasteiger partial charge >= 0.3 is 42.2 Å². The van der Waals surface area contributed by atoms with Crippen LogP contribution in [-0.4, -0.2) is 42.2 Å². The second-order valence-corrected chi connectivity index (χ2v) is 4.51. The third-order valence-electron chi connectivity index (χ3n) is 2.74. The highest BCUT2D eigenvalue weighted by Crippen LogP contribution is 2.62. The molecule has 0 saturated heterocycles. The molecule has 0 N–H and O–H groups in total. The Morgan fingerprint density at radius 2 is 0.593 bits per heavy atom. The van der Waals surface area contributed by atoms with E-state index in [1.807, 2.05) is 0 Å². The second kappa shape index (κ2) is 6.18. The highest BCUT2D eigenvalue weighted by molar-refractivity contribution is 5.39. The Bertz CT molecular complexity index is 510. The van der Waals surface area contributed by atoms with Gasteiger partial charge in [-0.1, -0.05) is 0 Å². The molecule has 0 aliphatic carbocycles. The Morgan fingerprint density at radius 3 is 0.704 bits per heavy atom. The summed E-state index contributed by atoms with van der Waals surface area (Å²) in [5.41, 5.74) is -22.4. The lowest BCUT2D eigenvalue weighted by Gasteiger charge is -2.40. The smallest absolute Gasteiger partial charge is 0.284 e. The van der Waals surface area contributed by atoms with Gasteiger partial charge in [0.25, 0.3) is 5.76 Å². The molecule has 27 heavy (non-hydrogen) atoms. The van der Waals surface area contributed by atoms with Crippen molar-refractivity contribution >= 4 is 0 Å². The van der Waals surface area contributed by atoms with Crippen LogP contribution in [0.1, 0.15) is 0 Å². The lowest BCUT2D eigenvalue weighted by atomic mass is 9.79. The van der Waals surface area contributed by atoms with Crippen LogP contribution in [0.5, 0.6) is 0 Å². The van der Waals surface area contributed by atoms with Crippen LogP contribution in [0.2, 0.25) is 0 Å². The van der Waals surface area contributed by atoms with Crippen LogP contribution < -0.4 is 0 Å². The summed E-state index contributed by atoms with van der Waals surface area (Å²) in [5.74, 6) is -5.31. The fourth-order valence-electron chi connectivity index (χ4n) is 1.58. The fourth-order valence-corrected chi connectivity index (χ4v) is 1.58. The molecule has 0 fully saturated rings. The van der Waals surface area contributed by atoms with E-state index in [4.69, 9.17) is 0 Å². The molecule has 0 aliphatic rings. The molecule has 0 saturated carbocycles. The normalized spacial score (nSPS) is 15.7. The van der Waals surface area contributed by atoms with Crippen molar-refractivity contribution in [1.29, 1.82) is 0 Å². The molecule has 0 rings (SSSR count). The molecule has 0 heterocycles. The lowest BCUT2D eigenvalue weighted by Crippen LogP contribution is -2.66. The van der Waals surface area contributed by atoms with Crippen LogP contribution >= 0.6 is 0 Å². The van der Waals surface area contributed by atoms with E-state index < -0.39 is 53.6 Å². The molecular formula is C9F17O. The molecule has 1 nitrogen and oxygen atoms in total. The minimum Gasteiger partial charge on any atom is -0.284 e. The monoisotopic (exact) mass is 447 g/mol. The zero-order valence-corrected chi connectivity index (χ0v) is 11.3.